The van der Waals surface area contributed by atoms with Crippen LogP contribution in [0.3, 0.4) is 0 Å². The van der Waals surface area contributed by atoms with Crippen LogP contribution in [0, 0.1) is 5.75 Å². The van der Waals surface area contributed by atoms with E-state index in [0.717, 1.165) is 0 Å². The summed E-state index contributed by atoms with van der Waals surface area (Å²) in [5, 5.41) is 3.30. The van der Waals surface area contributed by atoms with Crippen LogP contribution in [0.5, 0.6) is 0 Å². The van der Waals surface area contributed by atoms with E-state index in [1.54, 1.807) is 0 Å². The van der Waals surface area contributed by atoms with Crippen molar-refractivity contribution in [1.29, 1.82) is 0 Å². The van der Waals surface area contributed by atoms with Crippen molar-refractivity contribution in [2.45, 2.75) is 6.42 Å². The molecular weight excluding hydrogens is 106 g/mol. The average molecular weight is 116 g/mol. The molecule has 7 heavy (non-hydrogen) atoms. The first-order chi connectivity index (χ1) is 3.50. The van der Waals surface area contributed by atoms with Crippen LogP contribution in [0.25, 0.3) is 0 Å². The molecular formula is C5H10NS. The molecule has 0 unspecified atom stereocenters. The van der Waals surface area contributed by atoms with Crippen molar-refractivity contribution in [3.8, 4) is 0 Å². The minimum atomic E-state index is 1.17. The normalized spacial score (nSPS) is 24.0. The fraction of sp³-hybridized carbons (Fsp3) is 0.800. The topological polar surface area (TPSA) is 12.0 Å². The molecule has 0 aliphatic carbocycles. The van der Waals surface area contributed by atoms with Crippen LogP contribution in [-0.2, 0) is 0 Å². The van der Waals surface area contributed by atoms with E-state index >= 15 is 0 Å². The predicted octanol–water partition coefficient (Wildman–Crippen LogP) is 0.875. The molecule has 1 N–H and O–H groups in total. The summed E-state index contributed by atoms with van der Waals surface area (Å²) in [7, 11) is 0. The van der Waals surface area contributed by atoms with Crippen molar-refractivity contribution >= 4 is 11.8 Å². The second-order valence-electron chi connectivity index (χ2n) is 1.58. The maximum Gasteiger partial charge on any atom is 0.0179 e. The highest BCUT2D eigenvalue weighted by Crippen LogP contribution is 2.08. The maximum atomic E-state index is 3.30. The van der Waals surface area contributed by atoms with E-state index in [0.29, 0.717) is 0 Å². The molecule has 0 atom stereocenters. The van der Waals surface area contributed by atoms with Gasteiger partial charge in [0.05, 0.1) is 0 Å². The van der Waals surface area contributed by atoms with Crippen molar-refractivity contribution in [2.75, 3.05) is 18.8 Å². The number of thioether (sulfide) groups is 1. The Kier molecular flexibility index (Phi) is 2.59. The third-order valence-corrected chi connectivity index (χ3v) is 1.86. The first kappa shape index (κ1) is 5.45. The minimum Gasteiger partial charge on any atom is -0.316 e. The smallest absolute Gasteiger partial charge is 0.0179 e. The van der Waals surface area contributed by atoms with Crippen molar-refractivity contribution in [3.63, 3.8) is 0 Å². The van der Waals surface area contributed by atoms with E-state index in [1.807, 2.05) is 11.8 Å². The summed E-state index contributed by atoms with van der Waals surface area (Å²) in [6.45, 7) is 2.36. The van der Waals surface area contributed by atoms with E-state index < -0.39 is 0 Å². The van der Waals surface area contributed by atoms with Crippen LogP contribution in [0.1, 0.15) is 6.42 Å². The lowest BCUT2D eigenvalue weighted by molar-refractivity contribution is 0.737. The standard InChI is InChI=1S/C5H10NS/c1-2-6-3-5-7-4-1/h4,6H,1-3,5H2. The summed E-state index contributed by atoms with van der Waals surface area (Å²) in [6, 6.07) is 0. The second-order valence-corrected chi connectivity index (χ2v) is 2.65. The monoisotopic (exact) mass is 116 g/mol. The molecule has 1 fully saturated rings. The van der Waals surface area contributed by atoms with Gasteiger partial charge >= 0.3 is 0 Å². The van der Waals surface area contributed by atoms with E-state index in [1.165, 1.54) is 25.3 Å². The largest absolute Gasteiger partial charge is 0.316 e. The van der Waals surface area contributed by atoms with Gasteiger partial charge < -0.3 is 5.32 Å². The van der Waals surface area contributed by atoms with Gasteiger partial charge in [-0.1, -0.05) is 0 Å². The van der Waals surface area contributed by atoms with Crippen molar-refractivity contribution < 1.29 is 0 Å². The Hall–Kier alpha value is 0.310. The molecule has 1 rings (SSSR count). The fourth-order valence-corrected chi connectivity index (χ4v) is 1.30. The Morgan fingerprint density at radius 1 is 1.43 bits per heavy atom. The summed E-state index contributed by atoms with van der Waals surface area (Å²) in [5.74, 6) is 3.53. The zero-order valence-corrected chi connectivity index (χ0v) is 5.13. The first-order valence-corrected chi connectivity index (χ1v) is 3.69. The second kappa shape index (κ2) is 3.33. The van der Waals surface area contributed by atoms with Crippen LogP contribution in [0.2, 0.25) is 0 Å². The fourth-order valence-electron chi connectivity index (χ4n) is 0.584. The molecule has 0 spiro atoms. The molecule has 0 amide bonds. The van der Waals surface area contributed by atoms with Gasteiger partial charge in [-0.25, -0.2) is 0 Å². The minimum absolute atomic E-state index is 1.17. The van der Waals surface area contributed by atoms with Crippen LogP contribution < -0.4 is 5.32 Å². The van der Waals surface area contributed by atoms with Gasteiger partial charge in [0, 0.05) is 18.1 Å². The van der Waals surface area contributed by atoms with E-state index in [-0.39, 0.29) is 0 Å². The van der Waals surface area contributed by atoms with Crippen molar-refractivity contribution in [1.82, 2.24) is 5.32 Å². The van der Waals surface area contributed by atoms with Crippen molar-refractivity contribution in [3.05, 3.63) is 5.75 Å². The molecule has 0 aromatic heterocycles. The summed E-state index contributed by atoms with van der Waals surface area (Å²) in [6.07, 6.45) is 1.23. The third kappa shape index (κ3) is 2.19. The molecule has 0 bridgehead atoms. The summed E-state index contributed by atoms with van der Waals surface area (Å²) >= 11 is 1.93. The van der Waals surface area contributed by atoms with Gasteiger partial charge in [0.2, 0.25) is 0 Å². The van der Waals surface area contributed by atoms with Gasteiger partial charge in [-0.2, -0.15) is 11.8 Å². The molecule has 1 heterocycles. The van der Waals surface area contributed by atoms with Crippen LogP contribution in [-0.4, -0.2) is 18.8 Å². The summed E-state index contributed by atoms with van der Waals surface area (Å²) < 4.78 is 0. The van der Waals surface area contributed by atoms with E-state index in [9.17, 15) is 0 Å². The van der Waals surface area contributed by atoms with E-state index in [2.05, 4.69) is 11.1 Å². The third-order valence-electron chi connectivity index (χ3n) is 0.954. The summed E-state index contributed by atoms with van der Waals surface area (Å²) in [4.78, 5) is 0. The Labute approximate surface area is 48.9 Å². The Balaban J connectivity index is 2.04. The molecule has 0 saturated carbocycles. The predicted molar refractivity (Wildman–Crippen MR) is 34.2 cm³/mol. The van der Waals surface area contributed by atoms with Gasteiger partial charge in [0.1, 0.15) is 0 Å². The zero-order chi connectivity index (χ0) is 4.95. The number of hydrogen-bond donors (Lipinski definition) is 1. The van der Waals surface area contributed by atoms with Crippen LogP contribution in [0.15, 0.2) is 0 Å². The highest BCUT2D eigenvalue weighted by atomic mass is 32.2. The molecule has 1 aliphatic rings. The quantitative estimate of drug-likeness (QED) is 0.504. The molecule has 1 saturated heterocycles. The molecule has 1 aliphatic heterocycles. The molecule has 41 valence electrons. The SMILES string of the molecule is [CH]1CCNCCS1. The molecule has 1 nitrogen and oxygen atoms in total. The lowest BCUT2D eigenvalue weighted by Crippen LogP contribution is -2.15. The Bertz CT molecular complexity index is 27.7. The number of nitrogens with one attached hydrogen (secondary N) is 1. The van der Waals surface area contributed by atoms with Crippen LogP contribution >= 0.6 is 11.8 Å². The highest BCUT2D eigenvalue weighted by Gasteiger charge is 1.94. The Morgan fingerprint density at radius 2 is 2.43 bits per heavy atom. The number of hydrogen-bond acceptors (Lipinski definition) is 2. The first-order valence-electron chi connectivity index (χ1n) is 2.64. The van der Waals surface area contributed by atoms with Crippen molar-refractivity contribution in [2.24, 2.45) is 0 Å². The average Bonchev–Trinajstić information content (AvgIpc) is 1.90. The lowest BCUT2D eigenvalue weighted by Gasteiger charge is -1.91. The zero-order valence-electron chi connectivity index (χ0n) is 4.31. The molecule has 2 heteroatoms. The van der Waals surface area contributed by atoms with E-state index in [4.69, 9.17) is 0 Å². The molecule has 0 aromatic rings. The van der Waals surface area contributed by atoms with Gasteiger partial charge in [0.15, 0.2) is 0 Å². The molecule has 0 aromatic carbocycles. The maximum absolute atomic E-state index is 3.30. The lowest BCUT2D eigenvalue weighted by atomic mass is 10.5. The van der Waals surface area contributed by atoms with Gasteiger partial charge in [0.25, 0.3) is 0 Å². The summed E-state index contributed by atoms with van der Waals surface area (Å²) in [5.41, 5.74) is 0. The number of rotatable bonds is 0. The van der Waals surface area contributed by atoms with Gasteiger partial charge in [-0.15, -0.1) is 0 Å². The van der Waals surface area contributed by atoms with Gasteiger partial charge in [-0.05, 0) is 13.0 Å². The molecule has 1 radical (unpaired) electrons. The van der Waals surface area contributed by atoms with Crippen LogP contribution in [0.4, 0.5) is 0 Å². The Morgan fingerprint density at radius 3 is 3.43 bits per heavy atom. The van der Waals surface area contributed by atoms with Gasteiger partial charge in [-0.3, -0.25) is 0 Å². The highest BCUT2D eigenvalue weighted by molar-refractivity contribution is 8.01.